The molecule has 1 aliphatic carbocycles. The van der Waals surface area contributed by atoms with Crippen LogP contribution in [0.2, 0.25) is 0 Å². The average Bonchev–Trinajstić information content (AvgIpc) is 3.47. The van der Waals surface area contributed by atoms with Crippen molar-refractivity contribution in [1.29, 1.82) is 0 Å². The van der Waals surface area contributed by atoms with Crippen molar-refractivity contribution >= 4 is 28.1 Å². The van der Waals surface area contributed by atoms with E-state index in [1.807, 2.05) is 36.4 Å². The van der Waals surface area contributed by atoms with Crippen LogP contribution in [0, 0.1) is 0 Å². The van der Waals surface area contributed by atoms with Gasteiger partial charge in [0.25, 0.3) is 5.91 Å². The number of carbonyl (C=O) groups excluding carboxylic acids is 1. The van der Waals surface area contributed by atoms with Crippen LogP contribution in [-0.2, 0) is 12.8 Å². The number of aromatic nitrogens is 2. The van der Waals surface area contributed by atoms with Crippen LogP contribution in [0.3, 0.4) is 0 Å². The monoisotopic (exact) mass is 430 g/mol. The molecule has 31 heavy (non-hydrogen) atoms. The van der Waals surface area contributed by atoms with Gasteiger partial charge in [0.15, 0.2) is 5.76 Å². The van der Waals surface area contributed by atoms with E-state index in [0.717, 1.165) is 41.3 Å². The number of amides is 1. The van der Waals surface area contributed by atoms with Gasteiger partial charge in [0.05, 0.1) is 18.0 Å². The van der Waals surface area contributed by atoms with Gasteiger partial charge < -0.3 is 15.1 Å². The summed E-state index contributed by atoms with van der Waals surface area (Å²) in [5, 5.41) is 7.50. The molecule has 1 amide bonds. The van der Waals surface area contributed by atoms with E-state index in [1.165, 1.54) is 23.1 Å². The first-order valence-electron chi connectivity index (χ1n) is 10.4. The highest BCUT2D eigenvalue weighted by Crippen LogP contribution is 2.44. The molecule has 0 unspecified atom stereocenters. The van der Waals surface area contributed by atoms with Gasteiger partial charge in [-0.2, -0.15) is 0 Å². The van der Waals surface area contributed by atoms with E-state index >= 15 is 0 Å². The van der Waals surface area contributed by atoms with Crippen molar-refractivity contribution < 1.29 is 9.21 Å². The Kier molecular flexibility index (Phi) is 5.50. The molecular formula is C24H22N4O2S. The topological polar surface area (TPSA) is 80.0 Å². The molecule has 0 aromatic carbocycles. The van der Waals surface area contributed by atoms with Crippen LogP contribution in [0.4, 0.5) is 10.8 Å². The first kappa shape index (κ1) is 19.5. The van der Waals surface area contributed by atoms with Crippen LogP contribution in [0.1, 0.15) is 51.1 Å². The minimum absolute atomic E-state index is 0.235. The standard InChI is InChI=1S/C24H22N4O2S/c29-23(18-10-7-15-30-18)28-24-21(16-8-1-2-11-19(16)31-24)22(17-9-3-5-13-25-17)27-20-12-4-6-14-26-20/h3-7,9-10,12-15,22H,1-2,8,11H2,(H,26,27)(H,28,29)/t22-/m0/s1. The number of anilines is 2. The molecule has 2 N–H and O–H groups in total. The number of furan rings is 1. The maximum Gasteiger partial charge on any atom is 0.291 e. The molecular weight excluding hydrogens is 408 g/mol. The minimum Gasteiger partial charge on any atom is -0.459 e. The normalized spacial score (nSPS) is 13.9. The van der Waals surface area contributed by atoms with Gasteiger partial charge in [0.2, 0.25) is 0 Å². The molecule has 0 radical (unpaired) electrons. The number of aryl methyl sites for hydroxylation is 1. The number of pyridine rings is 2. The zero-order valence-electron chi connectivity index (χ0n) is 16.9. The fourth-order valence-electron chi connectivity index (χ4n) is 4.00. The van der Waals surface area contributed by atoms with E-state index in [2.05, 4.69) is 20.6 Å². The summed E-state index contributed by atoms with van der Waals surface area (Å²) < 4.78 is 5.30. The number of thiophene rings is 1. The van der Waals surface area contributed by atoms with Gasteiger partial charge in [-0.25, -0.2) is 4.98 Å². The largest absolute Gasteiger partial charge is 0.459 e. The third-order valence-electron chi connectivity index (χ3n) is 5.41. The van der Waals surface area contributed by atoms with Crippen molar-refractivity contribution in [2.45, 2.75) is 31.7 Å². The second-order valence-electron chi connectivity index (χ2n) is 7.43. The van der Waals surface area contributed by atoms with E-state index in [0.29, 0.717) is 5.76 Å². The molecule has 0 fully saturated rings. The molecule has 4 aromatic rings. The Morgan fingerprint density at radius 2 is 1.84 bits per heavy atom. The number of nitrogens with zero attached hydrogens (tertiary/aromatic N) is 2. The summed E-state index contributed by atoms with van der Waals surface area (Å²) in [5.41, 5.74) is 3.27. The van der Waals surface area contributed by atoms with Crippen LogP contribution in [0.5, 0.6) is 0 Å². The van der Waals surface area contributed by atoms with E-state index in [9.17, 15) is 4.79 Å². The van der Waals surface area contributed by atoms with E-state index < -0.39 is 0 Å². The molecule has 6 nitrogen and oxygen atoms in total. The van der Waals surface area contributed by atoms with E-state index in [-0.39, 0.29) is 11.9 Å². The fourth-order valence-corrected chi connectivity index (χ4v) is 5.32. The van der Waals surface area contributed by atoms with Crippen LogP contribution in [-0.4, -0.2) is 15.9 Å². The Morgan fingerprint density at radius 3 is 2.58 bits per heavy atom. The summed E-state index contributed by atoms with van der Waals surface area (Å²) in [5.74, 6) is 0.809. The highest BCUT2D eigenvalue weighted by atomic mass is 32.1. The van der Waals surface area contributed by atoms with Crippen LogP contribution < -0.4 is 10.6 Å². The summed E-state index contributed by atoms with van der Waals surface area (Å²) in [6.07, 6.45) is 9.39. The van der Waals surface area contributed by atoms with Crippen molar-refractivity contribution in [3.05, 3.63) is 94.6 Å². The number of hydrogen-bond donors (Lipinski definition) is 2. The summed E-state index contributed by atoms with van der Waals surface area (Å²) in [6, 6.07) is 14.8. The second kappa shape index (κ2) is 8.73. The lowest BCUT2D eigenvalue weighted by Gasteiger charge is -2.23. The van der Waals surface area contributed by atoms with Crippen molar-refractivity contribution in [1.82, 2.24) is 9.97 Å². The second-order valence-corrected chi connectivity index (χ2v) is 8.54. The molecule has 1 atom stereocenters. The molecule has 156 valence electrons. The third-order valence-corrected chi connectivity index (χ3v) is 6.64. The van der Waals surface area contributed by atoms with Crippen molar-refractivity contribution in [3.8, 4) is 0 Å². The Morgan fingerprint density at radius 1 is 1.00 bits per heavy atom. The molecule has 5 rings (SSSR count). The molecule has 4 aromatic heterocycles. The maximum atomic E-state index is 12.8. The summed E-state index contributed by atoms with van der Waals surface area (Å²) in [7, 11) is 0. The zero-order chi connectivity index (χ0) is 21.0. The molecule has 0 bridgehead atoms. The maximum absolute atomic E-state index is 12.8. The van der Waals surface area contributed by atoms with Crippen molar-refractivity contribution in [3.63, 3.8) is 0 Å². The number of hydrogen-bond acceptors (Lipinski definition) is 6. The Bertz CT molecular complexity index is 1160. The third kappa shape index (κ3) is 4.09. The van der Waals surface area contributed by atoms with Gasteiger partial charge in [-0.1, -0.05) is 12.1 Å². The molecule has 0 aliphatic heterocycles. The number of carbonyl (C=O) groups is 1. The summed E-state index contributed by atoms with van der Waals surface area (Å²) in [4.78, 5) is 23.2. The fraction of sp³-hybridized carbons (Fsp3) is 0.208. The van der Waals surface area contributed by atoms with Gasteiger partial charge >= 0.3 is 0 Å². The SMILES string of the molecule is O=C(Nc1sc2c(c1[C@@H](Nc1ccccn1)c1ccccn1)CCCC2)c1ccco1. The van der Waals surface area contributed by atoms with Crippen LogP contribution in [0.15, 0.2) is 71.6 Å². The Balaban J connectivity index is 1.60. The smallest absolute Gasteiger partial charge is 0.291 e. The average molecular weight is 431 g/mol. The highest BCUT2D eigenvalue weighted by Gasteiger charge is 2.29. The zero-order valence-corrected chi connectivity index (χ0v) is 17.7. The summed E-state index contributed by atoms with van der Waals surface area (Å²) in [6.45, 7) is 0. The van der Waals surface area contributed by atoms with Crippen molar-refractivity contribution in [2.24, 2.45) is 0 Å². The Hall–Kier alpha value is -3.45. The number of nitrogens with one attached hydrogen (secondary N) is 2. The van der Waals surface area contributed by atoms with Gasteiger partial charge in [-0.3, -0.25) is 9.78 Å². The lowest BCUT2D eigenvalue weighted by Crippen LogP contribution is -2.19. The number of fused-ring (bicyclic) bond motifs is 1. The predicted octanol–water partition coefficient (Wildman–Crippen LogP) is 5.46. The first-order valence-corrected chi connectivity index (χ1v) is 11.2. The van der Waals surface area contributed by atoms with Crippen molar-refractivity contribution in [2.75, 3.05) is 10.6 Å². The highest BCUT2D eigenvalue weighted by molar-refractivity contribution is 7.16. The van der Waals surface area contributed by atoms with Gasteiger partial charge in [-0.15, -0.1) is 11.3 Å². The molecule has 0 saturated heterocycles. The predicted molar refractivity (Wildman–Crippen MR) is 122 cm³/mol. The van der Waals surface area contributed by atoms with Crippen LogP contribution in [0.25, 0.3) is 0 Å². The van der Waals surface area contributed by atoms with Crippen LogP contribution >= 0.6 is 11.3 Å². The van der Waals surface area contributed by atoms with E-state index in [1.54, 1.807) is 35.9 Å². The molecule has 1 aliphatic rings. The molecule has 4 heterocycles. The molecule has 0 saturated carbocycles. The minimum atomic E-state index is -0.248. The first-order chi connectivity index (χ1) is 15.3. The van der Waals surface area contributed by atoms with Gasteiger partial charge in [0.1, 0.15) is 10.8 Å². The molecule has 0 spiro atoms. The quantitative estimate of drug-likeness (QED) is 0.424. The Labute approximate surface area is 184 Å². The van der Waals surface area contributed by atoms with Gasteiger partial charge in [0, 0.05) is 22.8 Å². The van der Waals surface area contributed by atoms with E-state index in [4.69, 9.17) is 4.42 Å². The molecule has 7 heteroatoms. The lowest BCUT2D eigenvalue weighted by molar-refractivity contribution is 0.0997. The number of rotatable bonds is 6. The van der Waals surface area contributed by atoms with Gasteiger partial charge in [-0.05, 0) is 67.6 Å². The lowest BCUT2D eigenvalue weighted by atomic mass is 9.91. The summed E-state index contributed by atoms with van der Waals surface area (Å²) >= 11 is 1.66.